The van der Waals surface area contributed by atoms with Gasteiger partial charge in [-0.2, -0.15) is 0 Å². The van der Waals surface area contributed by atoms with Crippen molar-refractivity contribution in [1.29, 1.82) is 0 Å². The molecular weight excluding hydrogens is 288 g/mol. The second kappa shape index (κ2) is 5.05. The van der Waals surface area contributed by atoms with E-state index in [4.69, 9.17) is 0 Å². The minimum absolute atomic E-state index is 0.162. The van der Waals surface area contributed by atoms with E-state index in [9.17, 15) is 15.0 Å². The lowest BCUT2D eigenvalue weighted by Crippen LogP contribution is -2.58. The maximum Gasteiger partial charge on any atom is 0.141 e. The highest BCUT2D eigenvalue weighted by atomic mass is 16.3. The number of Topliss-reactive ketones (excluding diaryl/α,β-unsaturated/α-hetero) is 1. The lowest BCUT2D eigenvalue weighted by atomic mass is 9.44. The Hall–Kier alpha value is -0.410. The summed E-state index contributed by atoms with van der Waals surface area (Å²) in [6.07, 6.45) is 6.25. The molecule has 9 atom stereocenters. The van der Waals surface area contributed by atoms with Crippen LogP contribution >= 0.6 is 0 Å². The molecule has 3 nitrogen and oxygen atoms in total. The van der Waals surface area contributed by atoms with Crippen LogP contribution in [-0.4, -0.2) is 28.2 Å². The predicted molar refractivity (Wildman–Crippen MR) is 88.7 cm³/mol. The number of fused-ring (bicyclic) bond motifs is 5. The van der Waals surface area contributed by atoms with Crippen LogP contribution in [0.5, 0.6) is 0 Å². The van der Waals surface area contributed by atoms with E-state index in [1.165, 1.54) is 0 Å². The summed E-state index contributed by atoms with van der Waals surface area (Å²) in [4.78, 5) is 12.7. The minimum atomic E-state index is -0.286. The normalized spacial score (nSPS) is 59.2. The van der Waals surface area contributed by atoms with Crippen molar-refractivity contribution in [3.63, 3.8) is 0 Å². The first-order valence-electron chi connectivity index (χ1n) is 9.68. The third kappa shape index (κ3) is 2.05. The highest BCUT2D eigenvalue weighted by Gasteiger charge is 2.63. The summed E-state index contributed by atoms with van der Waals surface area (Å²) >= 11 is 0. The molecule has 0 amide bonds. The van der Waals surface area contributed by atoms with Crippen LogP contribution in [-0.2, 0) is 4.79 Å². The summed E-state index contributed by atoms with van der Waals surface area (Å²) in [6.45, 7) is 6.67. The first-order valence-corrected chi connectivity index (χ1v) is 9.68. The van der Waals surface area contributed by atoms with E-state index >= 15 is 0 Å². The van der Waals surface area contributed by atoms with Crippen LogP contribution < -0.4 is 0 Å². The molecule has 0 heterocycles. The number of aliphatic hydroxyl groups excluding tert-OH is 2. The molecule has 4 aliphatic carbocycles. The fourth-order valence-electron chi connectivity index (χ4n) is 7.32. The standard InChI is InChI=1S/C20H32O3/c1-11-8-15-17-14(5-7-20(15,3)18(11)23)19(2)6-4-13(21)9-12(19)10-16(17)22/h11-17,21-22H,4-10H2,1-3H3/t11?,12-,13?,14-,15-,16?,17+,19-,20-/m0/s1. The van der Waals surface area contributed by atoms with E-state index < -0.39 is 0 Å². The van der Waals surface area contributed by atoms with Crippen molar-refractivity contribution in [2.24, 2.45) is 40.4 Å². The Morgan fingerprint density at radius 2 is 1.74 bits per heavy atom. The quantitative estimate of drug-likeness (QED) is 0.721. The van der Waals surface area contributed by atoms with E-state index in [0.29, 0.717) is 29.5 Å². The fourth-order valence-corrected chi connectivity index (χ4v) is 7.32. The van der Waals surface area contributed by atoms with Gasteiger partial charge in [0, 0.05) is 11.3 Å². The van der Waals surface area contributed by atoms with Gasteiger partial charge in [-0.15, -0.1) is 0 Å². The molecule has 130 valence electrons. The second-order valence-corrected chi connectivity index (χ2v) is 9.68. The lowest BCUT2D eigenvalue weighted by Gasteiger charge is -2.61. The molecule has 0 aromatic rings. The fraction of sp³-hybridized carbons (Fsp3) is 0.950. The summed E-state index contributed by atoms with van der Waals surface area (Å²) in [5.41, 5.74) is 0.0538. The second-order valence-electron chi connectivity index (χ2n) is 9.68. The van der Waals surface area contributed by atoms with Gasteiger partial charge in [-0.05, 0) is 74.0 Å². The molecule has 0 radical (unpaired) electrons. The Balaban J connectivity index is 1.69. The molecule has 3 unspecified atom stereocenters. The number of hydrogen-bond acceptors (Lipinski definition) is 3. The first kappa shape index (κ1) is 16.1. The molecule has 23 heavy (non-hydrogen) atoms. The van der Waals surface area contributed by atoms with Gasteiger partial charge in [0.15, 0.2) is 0 Å². The summed E-state index contributed by atoms with van der Waals surface area (Å²) < 4.78 is 0. The Kier molecular flexibility index (Phi) is 3.53. The Bertz CT molecular complexity index is 517. The molecule has 0 aliphatic heterocycles. The van der Waals surface area contributed by atoms with Crippen LogP contribution in [0.4, 0.5) is 0 Å². The number of rotatable bonds is 0. The van der Waals surface area contributed by atoms with Gasteiger partial charge in [-0.3, -0.25) is 4.79 Å². The summed E-state index contributed by atoms with van der Waals surface area (Å²) in [7, 11) is 0. The van der Waals surface area contributed by atoms with Crippen molar-refractivity contribution in [2.75, 3.05) is 0 Å². The molecule has 4 aliphatic rings. The average Bonchev–Trinajstić information content (AvgIpc) is 2.73. The van der Waals surface area contributed by atoms with E-state index in [-0.39, 0.29) is 29.0 Å². The molecule has 0 spiro atoms. The SMILES string of the molecule is CC1C[C@H]2[C@@H]3C(O)C[C@@H]4CC(O)CC[C@]4(C)[C@H]3CC[C@]2(C)C1=O. The van der Waals surface area contributed by atoms with Crippen molar-refractivity contribution in [3.8, 4) is 0 Å². The molecule has 0 aromatic heterocycles. The molecule has 4 fully saturated rings. The molecule has 0 aromatic carbocycles. The van der Waals surface area contributed by atoms with Crippen molar-refractivity contribution in [1.82, 2.24) is 0 Å². The molecule has 4 rings (SSSR count). The van der Waals surface area contributed by atoms with E-state index in [0.717, 1.165) is 44.9 Å². The van der Waals surface area contributed by atoms with Gasteiger partial charge in [-0.1, -0.05) is 20.8 Å². The molecule has 3 heteroatoms. The molecule has 2 N–H and O–H groups in total. The number of aliphatic hydroxyl groups is 2. The number of hydrogen-bond donors (Lipinski definition) is 2. The Morgan fingerprint density at radius 3 is 2.48 bits per heavy atom. The minimum Gasteiger partial charge on any atom is -0.393 e. The third-order valence-corrected chi connectivity index (χ3v) is 8.66. The van der Waals surface area contributed by atoms with Gasteiger partial charge < -0.3 is 10.2 Å². The van der Waals surface area contributed by atoms with Gasteiger partial charge in [0.1, 0.15) is 5.78 Å². The maximum atomic E-state index is 12.7. The lowest BCUT2D eigenvalue weighted by molar-refractivity contribution is -0.171. The van der Waals surface area contributed by atoms with Crippen LogP contribution in [0.1, 0.15) is 65.7 Å². The Labute approximate surface area is 139 Å². The van der Waals surface area contributed by atoms with Gasteiger partial charge >= 0.3 is 0 Å². The summed E-state index contributed by atoms with van der Waals surface area (Å²) in [5.74, 6) is 2.23. The van der Waals surface area contributed by atoms with Crippen LogP contribution in [0.2, 0.25) is 0 Å². The number of carbonyl (C=O) groups is 1. The van der Waals surface area contributed by atoms with E-state index in [1.807, 2.05) is 0 Å². The van der Waals surface area contributed by atoms with Crippen molar-refractivity contribution < 1.29 is 15.0 Å². The maximum absolute atomic E-state index is 12.7. The van der Waals surface area contributed by atoms with Crippen LogP contribution in [0.25, 0.3) is 0 Å². The van der Waals surface area contributed by atoms with Crippen molar-refractivity contribution in [2.45, 2.75) is 77.9 Å². The third-order valence-electron chi connectivity index (χ3n) is 8.66. The van der Waals surface area contributed by atoms with E-state index in [1.54, 1.807) is 0 Å². The number of carbonyl (C=O) groups excluding carboxylic acids is 1. The van der Waals surface area contributed by atoms with Crippen LogP contribution in [0, 0.1) is 40.4 Å². The Morgan fingerprint density at radius 1 is 1.00 bits per heavy atom. The van der Waals surface area contributed by atoms with Crippen molar-refractivity contribution in [3.05, 3.63) is 0 Å². The zero-order valence-corrected chi connectivity index (χ0v) is 14.8. The van der Waals surface area contributed by atoms with Gasteiger partial charge in [0.2, 0.25) is 0 Å². The summed E-state index contributed by atoms with van der Waals surface area (Å²) in [6, 6.07) is 0. The van der Waals surface area contributed by atoms with Crippen LogP contribution in [0.3, 0.4) is 0 Å². The largest absolute Gasteiger partial charge is 0.393 e. The van der Waals surface area contributed by atoms with Crippen LogP contribution in [0.15, 0.2) is 0 Å². The highest BCUT2D eigenvalue weighted by molar-refractivity contribution is 5.89. The van der Waals surface area contributed by atoms with E-state index in [2.05, 4.69) is 20.8 Å². The molecule has 0 bridgehead atoms. The van der Waals surface area contributed by atoms with Gasteiger partial charge in [-0.25, -0.2) is 0 Å². The average molecular weight is 320 g/mol. The van der Waals surface area contributed by atoms with Gasteiger partial charge in [0.25, 0.3) is 0 Å². The predicted octanol–water partition coefficient (Wildman–Crippen LogP) is 3.18. The smallest absolute Gasteiger partial charge is 0.141 e. The highest BCUT2D eigenvalue weighted by Crippen LogP contribution is 2.66. The number of ketones is 1. The molecular formula is C20H32O3. The molecule has 4 saturated carbocycles. The van der Waals surface area contributed by atoms with Crippen molar-refractivity contribution >= 4 is 5.78 Å². The summed E-state index contributed by atoms with van der Waals surface area (Å²) in [5, 5.41) is 21.1. The first-order chi connectivity index (χ1) is 10.8. The van der Waals surface area contributed by atoms with Gasteiger partial charge in [0.05, 0.1) is 12.2 Å². The zero-order valence-electron chi connectivity index (χ0n) is 14.8. The molecule has 0 saturated heterocycles. The monoisotopic (exact) mass is 320 g/mol. The topological polar surface area (TPSA) is 57.5 Å². The zero-order chi connectivity index (χ0) is 16.6.